The van der Waals surface area contributed by atoms with Crippen molar-refractivity contribution < 1.29 is 0 Å². The quantitative estimate of drug-likeness (QED) is 0.776. The Balaban J connectivity index is 1.74. The maximum atomic E-state index is 4.48. The number of hydrogen-bond acceptors (Lipinski definition) is 3. The predicted octanol–water partition coefficient (Wildman–Crippen LogP) is 3.89. The molecule has 0 fully saturated rings. The first-order valence-corrected chi connectivity index (χ1v) is 7.34. The van der Waals surface area contributed by atoms with Gasteiger partial charge in [-0.1, -0.05) is 24.3 Å². The van der Waals surface area contributed by atoms with Crippen LogP contribution in [0, 0.1) is 6.92 Å². The van der Waals surface area contributed by atoms with Crippen LogP contribution >= 0.6 is 11.3 Å². The van der Waals surface area contributed by atoms with Gasteiger partial charge in [0.25, 0.3) is 0 Å². The number of thiophene rings is 1. The van der Waals surface area contributed by atoms with Crippen LogP contribution in [0.25, 0.3) is 10.9 Å². The summed E-state index contributed by atoms with van der Waals surface area (Å²) < 4.78 is 0. The summed E-state index contributed by atoms with van der Waals surface area (Å²) in [4.78, 5) is 4.48. The van der Waals surface area contributed by atoms with Gasteiger partial charge in [0, 0.05) is 24.7 Å². The number of hydrogen-bond donors (Lipinski definition) is 1. The fourth-order valence-electron chi connectivity index (χ4n) is 2.21. The van der Waals surface area contributed by atoms with E-state index >= 15 is 0 Å². The summed E-state index contributed by atoms with van der Waals surface area (Å²) in [5, 5.41) is 9.11. The number of nitrogens with one attached hydrogen (secondary N) is 1. The molecule has 0 aliphatic carbocycles. The summed E-state index contributed by atoms with van der Waals surface area (Å²) >= 11 is 1.76. The highest BCUT2D eigenvalue weighted by Gasteiger charge is 2.02. The van der Waals surface area contributed by atoms with Crippen molar-refractivity contribution in [2.45, 2.75) is 20.0 Å². The molecule has 0 atom stereocenters. The molecule has 3 rings (SSSR count). The minimum atomic E-state index is 0.851. The number of benzene rings is 1. The number of aromatic nitrogens is 1. The van der Waals surface area contributed by atoms with Crippen LogP contribution in [0.5, 0.6) is 0 Å². The number of pyridine rings is 1. The van der Waals surface area contributed by atoms with Crippen LogP contribution in [-0.4, -0.2) is 4.98 Å². The number of nitrogens with zero attached hydrogens (tertiary/aromatic N) is 1. The van der Waals surface area contributed by atoms with Crippen molar-refractivity contribution >= 4 is 22.2 Å². The minimum absolute atomic E-state index is 0.851. The van der Waals surface area contributed by atoms with Crippen molar-refractivity contribution in [3.05, 3.63) is 64.0 Å². The third-order valence-electron chi connectivity index (χ3n) is 3.31. The Morgan fingerprint density at radius 2 is 1.89 bits per heavy atom. The van der Waals surface area contributed by atoms with Crippen LogP contribution < -0.4 is 5.32 Å². The smallest absolute Gasteiger partial charge is 0.0746 e. The maximum Gasteiger partial charge on any atom is 0.0746 e. The van der Waals surface area contributed by atoms with E-state index in [0.717, 1.165) is 18.6 Å². The van der Waals surface area contributed by atoms with Gasteiger partial charge in [-0.25, -0.2) is 0 Å². The highest BCUT2D eigenvalue weighted by molar-refractivity contribution is 7.08. The highest BCUT2D eigenvalue weighted by atomic mass is 32.1. The first-order valence-electron chi connectivity index (χ1n) is 6.39. The van der Waals surface area contributed by atoms with Crippen molar-refractivity contribution in [3.8, 4) is 0 Å². The number of aryl methyl sites for hydroxylation is 1. The van der Waals surface area contributed by atoms with E-state index in [-0.39, 0.29) is 0 Å². The molecule has 0 spiro atoms. The van der Waals surface area contributed by atoms with Gasteiger partial charge in [0.05, 0.1) is 5.52 Å². The molecule has 0 amide bonds. The largest absolute Gasteiger partial charge is 0.308 e. The lowest BCUT2D eigenvalue weighted by atomic mass is 10.1. The maximum absolute atomic E-state index is 4.48. The number of para-hydroxylation sites is 1. The summed E-state index contributed by atoms with van der Waals surface area (Å²) in [6, 6.07) is 10.4. The molecular formula is C16H16N2S. The van der Waals surface area contributed by atoms with E-state index in [0.29, 0.717) is 0 Å². The van der Waals surface area contributed by atoms with E-state index in [1.165, 1.54) is 22.1 Å². The zero-order chi connectivity index (χ0) is 13.1. The second-order valence-electron chi connectivity index (χ2n) is 4.68. The molecule has 19 heavy (non-hydrogen) atoms. The van der Waals surface area contributed by atoms with Gasteiger partial charge in [-0.3, -0.25) is 4.98 Å². The lowest BCUT2D eigenvalue weighted by Gasteiger charge is -2.07. The molecule has 0 aliphatic heterocycles. The molecule has 1 aromatic carbocycles. The van der Waals surface area contributed by atoms with E-state index in [2.05, 4.69) is 52.3 Å². The van der Waals surface area contributed by atoms with Gasteiger partial charge in [0.1, 0.15) is 0 Å². The summed E-state index contributed by atoms with van der Waals surface area (Å²) in [6.45, 7) is 3.93. The van der Waals surface area contributed by atoms with Gasteiger partial charge in [0.15, 0.2) is 0 Å². The van der Waals surface area contributed by atoms with Crippen molar-refractivity contribution in [1.29, 1.82) is 0 Å². The molecule has 3 aromatic rings. The molecule has 3 heteroatoms. The Morgan fingerprint density at radius 3 is 2.74 bits per heavy atom. The Labute approximate surface area is 117 Å². The van der Waals surface area contributed by atoms with Crippen LogP contribution in [0.1, 0.15) is 16.7 Å². The van der Waals surface area contributed by atoms with Gasteiger partial charge in [-0.05, 0) is 40.4 Å². The lowest BCUT2D eigenvalue weighted by molar-refractivity contribution is 0.695. The Kier molecular flexibility index (Phi) is 3.58. The zero-order valence-corrected chi connectivity index (χ0v) is 11.7. The van der Waals surface area contributed by atoms with Crippen molar-refractivity contribution in [1.82, 2.24) is 10.3 Å². The van der Waals surface area contributed by atoms with Gasteiger partial charge in [0.2, 0.25) is 0 Å². The molecule has 96 valence electrons. The Morgan fingerprint density at radius 1 is 1.05 bits per heavy atom. The van der Waals surface area contributed by atoms with Gasteiger partial charge in [-0.2, -0.15) is 11.3 Å². The Bertz CT molecular complexity index is 683. The monoisotopic (exact) mass is 268 g/mol. The van der Waals surface area contributed by atoms with Gasteiger partial charge in [-0.15, -0.1) is 0 Å². The SMILES string of the molecule is Cc1cscc1CNCc1cccc2cccnc12. The second-order valence-corrected chi connectivity index (χ2v) is 5.42. The molecule has 0 aliphatic rings. The van der Waals surface area contributed by atoms with E-state index in [9.17, 15) is 0 Å². The summed E-state index contributed by atoms with van der Waals surface area (Å²) in [5.74, 6) is 0. The van der Waals surface area contributed by atoms with E-state index in [1.54, 1.807) is 11.3 Å². The molecule has 0 saturated heterocycles. The minimum Gasteiger partial charge on any atom is -0.308 e. The molecule has 2 aromatic heterocycles. The fraction of sp³-hybridized carbons (Fsp3) is 0.188. The van der Waals surface area contributed by atoms with E-state index in [1.807, 2.05) is 12.3 Å². The standard InChI is InChI=1S/C16H16N2S/c1-12-10-19-11-15(12)9-17-8-14-5-2-4-13-6-3-7-18-16(13)14/h2-7,10-11,17H,8-9H2,1H3. The van der Waals surface area contributed by atoms with Gasteiger partial charge >= 0.3 is 0 Å². The van der Waals surface area contributed by atoms with Crippen LogP contribution in [0.4, 0.5) is 0 Å². The molecule has 0 radical (unpaired) electrons. The molecule has 0 saturated carbocycles. The van der Waals surface area contributed by atoms with Crippen LogP contribution in [0.15, 0.2) is 47.3 Å². The number of rotatable bonds is 4. The highest BCUT2D eigenvalue weighted by Crippen LogP contribution is 2.17. The van der Waals surface area contributed by atoms with Crippen LogP contribution in [0.2, 0.25) is 0 Å². The predicted molar refractivity (Wildman–Crippen MR) is 81.3 cm³/mol. The molecule has 0 bridgehead atoms. The second kappa shape index (κ2) is 5.51. The third-order valence-corrected chi connectivity index (χ3v) is 4.22. The van der Waals surface area contributed by atoms with Crippen LogP contribution in [0.3, 0.4) is 0 Å². The molecule has 2 heterocycles. The average Bonchev–Trinajstić information content (AvgIpc) is 2.85. The van der Waals surface area contributed by atoms with E-state index in [4.69, 9.17) is 0 Å². The van der Waals surface area contributed by atoms with Crippen molar-refractivity contribution in [2.24, 2.45) is 0 Å². The normalized spacial score (nSPS) is 11.0. The first-order chi connectivity index (χ1) is 9.34. The summed E-state index contributed by atoms with van der Waals surface area (Å²) in [5.41, 5.74) is 5.11. The van der Waals surface area contributed by atoms with Gasteiger partial charge < -0.3 is 5.32 Å². The third kappa shape index (κ3) is 2.67. The van der Waals surface area contributed by atoms with Crippen molar-refractivity contribution in [3.63, 3.8) is 0 Å². The van der Waals surface area contributed by atoms with Crippen LogP contribution in [-0.2, 0) is 13.1 Å². The zero-order valence-electron chi connectivity index (χ0n) is 10.9. The van der Waals surface area contributed by atoms with E-state index < -0.39 is 0 Å². The average molecular weight is 268 g/mol. The molecule has 0 unspecified atom stereocenters. The number of fused-ring (bicyclic) bond motifs is 1. The molecular weight excluding hydrogens is 252 g/mol. The first kappa shape index (κ1) is 12.3. The Hall–Kier alpha value is -1.71. The van der Waals surface area contributed by atoms with Crippen molar-refractivity contribution in [2.75, 3.05) is 0 Å². The molecule has 2 nitrogen and oxygen atoms in total. The topological polar surface area (TPSA) is 24.9 Å². The summed E-state index contributed by atoms with van der Waals surface area (Å²) in [7, 11) is 0. The molecule has 1 N–H and O–H groups in total. The summed E-state index contributed by atoms with van der Waals surface area (Å²) in [6.07, 6.45) is 1.86. The lowest BCUT2D eigenvalue weighted by Crippen LogP contribution is -2.13. The fourth-order valence-corrected chi connectivity index (χ4v) is 3.07.